The molecule has 2 heteroatoms. The maximum absolute atomic E-state index is 11.1. The maximum Gasteiger partial charge on any atom is 0.252 e. The summed E-state index contributed by atoms with van der Waals surface area (Å²) in [5, 5.41) is 2.76. The van der Waals surface area contributed by atoms with E-state index in [1.165, 1.54) is 0 Å². The molecule has 0 aliphatic carbocycles. The van der Waals surface area contributed by atoms with Gasteiger partial charge in [0.05, 0.1) is 6.04 Å². The van der Waals surface area contributed by atoms with Gasteiger partial charge >= 0.3 is 0 Å². The molecule has 0 bridgehead atoms. The molecule has 0 aromatic rings. The number of nitrogens with one attached hydrogen (secondary N) is 1. The quantitative estimate of drug-likeness (QED) is 0.627. The van der Waals surface area contributed by atoms with Gasteiger partial charge in [0.1, 0.15) is 0 Å². The molecule has 0 fully saturated rings. The van der Waals surface area contributed by atoms with E-state index in [-0.39, 0.29) is 11.9 Å². The van der Waals surface area contributed by atoms with Crippen LogP contribution in [0.15, 0.2) is 36.5 Å². The molecule has 11 heavy (non-hydrogen) atoms. The third kappa shape index (κ3) is 1.11. The minimum absolute atomic E-state index is 0.0533. The number of carbonyl (C=O) groups is 1. The van der Waals surface area contributed by atoms with Crippen LogP contribution in [-0.2, 0) is 4.79 Å². The Hall–Kier alpha value is -1.31. The van der Waals surface area contributed by atoms with Gasteiger partial charge in [0.25, 0.3) is 5.91 Å². The van der Waals surface area contributed by atoms with Crippen LogP contribution in [0.4, 0.5) is 0 Å². The first-order valence-electron chi connectivity index (χ1n) is 3.50. The molecule has 1 N–H and O–H groups in total. The monoisotopic (exact) mass is 149 g/mol. The largest absolute Gasteiger partial charge is 0.345 e. The van der Waals surface area contributed by atoms with Crippen molar-refractivity contribution in [3.05, 3.63) is 36.5 Å². The summed E-state index contributed by atoms with van der Waals surface area (Å²) in [5.41, 5.74) is 1.58. The average molecular weight is 149 g/mol. The van der Waals surface area contributed by atoms with Gasteiger partial charge in [-0.2, -0.15) is 0 Å². The number of amides is 1. The van der Waals surface area contributed by atoms with Crippen LogP contribution in [0.1, 0.15) is 6.92 Å². The summed E-state index contributed by atoms with van der Waals surface area (Å²) in [6.07, 6.45) is 3.26. The van der Waals surface area contributed by atoms with Crippen molar-refractivity contribution in [2.24, 2.45) is 0 Å². The molecule has 1 aliphatic heterocycles. The Morgan fingerprint density at radius 2 is 2.09 bits per heavy atom. The molecule has 0 aromatic heterocycles. The molecule has 1 rings (SSSR count). The molecule has 1 unspecified atom stereocenters. The standard InChI is InChI=1S/C9H11NO/c1-4-7-6(3)10-9(11)8(7)5-2/h4-6H,1-2H2,3H3,(H,10,11). The van der Waals surface area contributed by atoms with E-state index in [2.05, 4.69) is 18.5 Å². The van der Waals surface area contributed by atoms with Gasteiger partial charge in [-0.15, -0.1) is 0 Å². The van der Waals surface area contributed by atoms with E-state index in [0.717, 1.165) is 5.57 Å². The third-order valence-electron chi connectivity index (χ3n) is 1.79. The lowest BCUT2D eigenvalue weighted by atomic mass is 10.1. The van der Waals surface area contributed by atoms with Crippen LogP contribution in [0.25, 0.3) is 0 Å². The summed E-state index contributed by atoms with van der Waals surface area (Å²) < 4.78 is 0. The summed E-state index contributed by atoms with van der Waals surface area (Å²) in [4.78, 5) is 11.1. The molecule has 0 spiro atoms. The first-order valence-corrected chi connectivity index (χ1v) is 3.50. The van der Waals surface area contributed by atoms with Crippen molar-refractivity contribution in [1.29, 1.82) is 0 Å². The molecule has 1 aliphatic rings. The second kappa shape index (κ2) is 2.74. The van der Waals surface area contributed by atoms with E-state index in [0.29, 0.717) is 5.57 Å². The third-order valence-corrected chi connectivity index (χ3v) is 1.79. The summed E-state index contributed by atoms with van der Waals surface area (Å²) in [7, 11) is 0. The van der Waals surface area contributed by atoms with Gasteiger partial charge in [-0.1, -0.05) is 25.3 Å². The van der Waals surface area contributed by atoms with E-state index in [4.69, 9.17) is 0 Å². The van der Waals surface area contributed by atoms with Crippen LogP contribution in [0.3, 0.4) is 0 Å². The zero-order valence-electron chi connectivity index (χ0n) is 6.55. The molecular weight excluding hydrogens is 138 g/mol. The van der Waals surface area contributed by atoms with E-state index in [9.17, 15) is 4.79 Å². The van der Waals surface area contributed by atoms with Gasteiger partial charge in [0.15, 0.2) is 0 Å². The van der Waals surface area contributed by atoms with Crippen molar-refractivity contribution in [2.45, 2.75) is 13.0 Å². The van der Waals surface area contributed by atoms with Gasteiger partial charge in [-0.05, 0) is 12.5 Å². The first-order chi connectivity index (χ1) is 5.20. The highest BCUT2D eigenvalue weighted by Gasteiger charge is 2.23. The summed E-state index contributed by atoms with van der Waals surface area (Å²) in [6.45, 7) is 9.11. The molecule has 1 heterocycles. The minimum Gasteiger partial charge on any atom is -0.345 e. The highest BCUT2D eigenvalue weighted by atomic mass is 16.2. The molecule has 0 aromatic carbocycles. The fraction of sp³-hybridized carbons (Fsp3) is 0.222. The van der Waals surface area contributed by atoms with Crippen molar-refractivity contribution in [3.8, 4) is 0 Å². The number of rotatable bonds is 2. The Morgan fingerprint density at radius 3 is 2.45 bits per heavy atom. The molecule has 1 atom stereocenters. The van der Waals surface area contributed by atoms with Gasteiger partial charge in [0.2, 0.25) is 0 Å². The molecule has 0 saturated heterocycles. The van der Waals surface area contributed by atoms with Gasteiger partial charge < -0.3 is 5.32 Å². The van der Waals surface area contributed by atoms with Crippen LogP contribution in [0, 0.1) is 0 Å². The van der Waals surface area contributed by atoms with Crippen LogP contribution < -0.4 is 5.32 Å². The van der Waals surface area contributed by atoms with Crippen molar-refractivity contribution in [3.63, 3.8) is 0 Å². The average Bonchev–Trinajstić information content (AvgIpc) is 2.24. The molecule has 0 radical (unpaired) electrons. The Balaban J connectivity index is 3.11. The Labute approximate surface area is 66.3 Å². The Bertz CT molecular complexity index is 250. The molecular formula is C9H11NO. The topological polar surface area (TPSA) is 29.1 Å². The molecule has 0 saturated carbocycles. The number of hydrogen-bond acceptors (Lipinski definition) is 1. The lowest BCUT2D eigenvalue weighted by Gasteiger charge is -2.02. The second-order valence-electron chi connectivity index (χ2n) is 2.47. The first kappa shape index (κ1) is 7.79. The fourth-order valence-corrected chi connectivity index (χ4v) is 1.21. The van der Waals surface area contributed by atoms with Gasteiger partial charge in [-0.25, -0.2) is 0 Å². The van der Waals surface area contributed by atoms with Gasteiger partial charge in [-0.3, -0.25) is 4.79 Å². The fourth-order valence-electron chi connectivity index (χ4n) is 1.21. The smallest absolute Gasteiger partial charge is 0.252 e. The van der Waals surface area contributed by atoms with Crippen LogP contribution in [0.5, 0.6) is 0 Å². The van der Waals surface area contributed by atoms with Crippen molar-refractivity contribution < 1.29 is 4.79 Å². The Kier molecular flexibility index (Phi) is 1.94. The van der Waals surface area contributed by atoms with Crippen LogP contribution >= 0.6 is 0 Å². The molecule has 58 valence electrons. The highest BCUT2D eigenvalue weighted by molar-refractivity contribution is 6.00. The van der Waals surface area contributed by atoms with Crippen molar-refractivity contribution in [1.82, 2.24) is 5.32 Å². The van der Waals surface area contributed by atoms with Crippen molar-refractivity contribution >= 4 is 5.91 Å². The van der Waals surface area contributed by atoms with E-state index >= 15 is 0 Å². The molecule has 1 amide bonds. The van der Waals surface area contributed by atoms with E-state index in [1.54, 1.807) is 12.2 Å². The predicted molar refractivity (Wildman–Crippen MR) is 45.0 cm³/mol. The molecule has 2 nitrogen and oxygen atoms in total. The normalized spacial score (nSPS) is 23.4. The number of carbonyl (C=O) groups excluding carboxylic acids is 1. The Morgan fingerprint density at radius 1 is 1.45 bits per heavy atom. The second-order valence-corrected chi connectivity index (χ2v) is 2.47. The van der Waals surface area contributed by atoms with Crippen molar-refractivity contribution in [2.75, 3.05) is 0 Å². The zero-order chi connectivity index (χ0) is 8.43. The lowest BCUT2D eigenvalue weighted by Crippen LogP contribution is -2.25. The number of hydrogen-bond donors (Lipinski definition) is 1. The maximum atomic E-state index is 11.1. The van der Waals surface area contributed by atoms with Gasteiger partial charge in [0, 0.05) is 5.57 Å². The SMILES string of the molecule is C=CC1=C(C=C)C(C)NC1=O. The lowest BCUT2D eigenvalue weighted by molar-refractivity contribution is -0.116. The van der Waals surface area contributed by atoms with E-state index in [1.807, 2.05) is 6.92 Å². The van der Waals surface area contributed by atoms with E-state index < -0.39 is 0 Å². The highest BCUT2D eigenvalue weighted by Crippen LogP contribution is 2.18. The minimum atomic E-state index is -0.0533. The van der Waals surface area contributed by atoms with Crippen LogP contribution in [-0.4, -0.2) is 11.9 Å². The summed E-state index contributed by atoms with van der Waals surface area (Å²) in [6, 6.07) is 0.0769. The van der Waals surface area contributed by atoms with Crippen LogP contribution in [0.2, 0.25) is 0 Å². The summed E-state index contributed by atoms with van der Waals surface area (Å²) >= 11 is 0. The predicted octanol–water partition coefficient (Wildman–Crippen LogP) is 1.17. The zero-order valence-corrected chi connectivity index (χ0v) is 6.55. The summed E-state index contributed by atoms with van der Waals surface area (Å²) in [5.74, 6) is -0.0533.